The molecule has 0 spiro atoms. The molecule has 0 radical (unpaired) electrons. The van der Waals surface area contributed by atoms with Gasteiger partial charge >= 0.3 is 0 Å². The van der Waals surface area contributed by atoms with Crippen molar-refractivity contribution in [3.8, 4) is 0 Å². The van der Waals surface area contributed by atoms with Crippen LogP contribution in [-0.4, -0.2) is 18.1 Å². The summed E-state index contributed by atoms with van der Waals surface area (Å²) in [5, 5.41) is 3.48. The molecule has 2 atom stereocenters. The Hall–Kier alpha value is -0.890. The number of nitrogens with one attached hydrogen (secondary N) is 1. The lowest BCUT2D eigenvalue weighted by Crippen LogP contribution is -2.31. The van der Waals surface area contributed by atoms with E-state index in [4.69, 9.17) is 0 Å². The predicted octanol–water partition coefficient (Wildman–Crippen LogP) is 3.03. The maximum absolute atomic E-state index is 4.33. The smallest absolute Gasteiger partial charge is 0.0303 e. The molecular formula is C14H22N2. The Morgan fingerprint density at radius 2 is 2.00 bits per heavy atom. The lowest BCUT2D eigenvalue weighted by Gasteiger charge is -2.25. The van der Waals surface area contributed by atoms with Crippen LogP contribution in [0, 0.1) is 6.92 Å². The van der Waals surface area contributed by atoms with Crippen molar-refractivity contribution in [1.82, 2.24) is 10.3 Å². The maximum atomic E-state index is 4.33. The van der Waals surface area contributed by atoms with Gasteiger partial charge in [-0.3, -0.25) is 4.98 Å². The molecule has 1 aromatic heterocycles. The molecule has 0 saturated heterocycles. The fourth-order valence-electron chi connectivity index (χ4n) is 2.83. The van der Waals surface area contributed by atoms with Crippen molar-refractivity contribution in [2.75, 3.05) is 7.05 Å². The van der Waals surface area contributed by atoms with E-state index < -0.39 is 0 Å². The number of hydrogen-bond acceptors (Lipinski definition) is 2. The van der Waals surface area contributed by atoms with Crippen molar-refractivity contribution in [3.63, 3.8) is 0 Å². The fraction of sp³-hybridized carbons (Fsp3) is 0.643. The molecule has 1 aliphatic rings. The van der Waals surface area contributed by atoms with E-state index >= 15 is 0 Å². The third-order valence-corrected chi connectivity index (χ3v) is 3.71. The highest BCUT2D eigenvalue weighted by Crippen LogP contribution is 2.31. The number of aryl methyl sites for hydroxylation is 1. The Kier molecular flexibility index (Phi) is 3.94. The van der Waals surface area contributed by atoms with Crippen LogP contribution in [0.1, 0.15) is 49.1 Å². The third-order valence-electron chi connectivity index (χ3n) is 3.71. The zero-order valence-corrected chi connectivity index (χ0v) is 10.4. The summed E-state index contributed by atoms with van der Waals surface area (Å²) in [4.78, 5) is 4.33. The molecule has 1 heterocycles. The van der Waals surface area contributed by atoms with Crippen molar-refractivity contribution in [1.29, 1.82) is 0 Å². The minimum Gasteiger partial charge on any atom is -0.316 e. The average Bonchev–Trinajstić information content (AvgIpc) is 2.53. The van der Waals surface area contributed by atoms with Gasteiger partial charge in [0.25, 0.3) is 0 Å². The van der Waals surface area contributed by atoms with E-state index in [0.29, 0.717) is 12.0 Å². The van der Waals surface area contributed by atoms with Gasteiger partial charge in [0.2, 0.25) is 0 Å². The van der Waals surface area contributed by atoms with Gasteiger partial charge in [-0.25, -0.2) is 0 Å². The molecule has 88 valence electrons. The van der Waals surface area contributed by atoms with Crippen molar-refractivity contribution < 1.29 is 0 Å². The first-order valence-electron chi connectivity index (χ1n) is 6.40. The number of pyridine rings is 1. The van der Waals surface area contributed by atoms with Gasteiger partial charge in [-0.1, -0.05) is 25.3 Å². The summed E-state index contributed by atoms with van der Waals surface area (Å²) in [5.74, 6) is 0.653. The summed E-state index contributed by atoms with van der Waals surface area (Å²) < 4.78 is 0. The van der Waals surface area contributed by atoms with Crippen molar-refractivity contribution >= 4 is 0 Å². The number of likely N-dealkylation sites (N-methyl/N-ethyl adjacent to an activating group) is 1. The van der Waals surface area contributed by atoms with Crippen molar-refractivity contribution in [3.05, 3.63) is 29.6 Å². The summed E-state index contributed by atoms with van der Waals surface area (Å²) in [6, 6.07) is 2.93. The molecule has 0 bridgehead atoms. The summed E-state index contributed by atoms with van der Waals surface area (Å²) in [6.07, 6.45) is 10.7. The van der Waals surface area contributed by atoms with E-state index in [1.807, 2.05) is 12.4 Å². The molecule has 1 aliphatic carbocycles. The van der Waals surface area contributed by atoms with Crippen molar-refractivity contribution in [2.24, 2.45) is 0 Å². The highest BCUT2D eigenvalue weighted by molar-refractivity contribution is 5.22. The van der Waals surface area contributed by atoms with Gasteiger partial charge in [-0.05, 0) is 37.9 Å². The molecule has 16 heavy (non-hydrogen) atoms. The SMILES string of the molecule is CNC1CCCCCC1c1cncc(C)c1. The minimum absolute atomic E-state index is 0.631. The third kappa shape index (κ3) is 2.62. The van der Waals surface area contributed by atoms with Gasteiger partial charge in [-0.15, -0.1) is 0 Å². The lowest BCUT2D eigenvalue weighted by atomic mass is 9.88. The molecule has 1 aromatic rings. The highest BCUT2D eigenvalue weighted by Gasteiger charge is 2.23. The Balaban J connectivity index is 2.21. The van der Waals surface area contributed by atoms with Gasteiger partial charge in [-0.2, -0.15) is 0 Å². The number of hydrogen-bond donors (Lipinski definition) is 1. The van der Waals surface area contributed by atoms with Crippen LogP contribution in [0.5, 0.6) is 0 Å². The number of aromatic nitrogens is 1. The molecule has 2 unspecified atom stereocenters. The first kappa shape index (κ1) is 11.6. The minimum atomic E-state index is 0.631. The van der Waals surface area contributed by atoms with Crippen LogP contribution in [0.2, 0.25) is 0 Å². The van der Waals surface area contributed by atoms with Gasteiger partial charge in [0.05, 0.1) is 0 Å². The summed E-state index contributed by atoms with van der Waals surface area (Å²) >= 11 is 0. The highest BCUT2D eigenvalue weighted by atomic mass is 14.9. The second-order valence-electron chi connectivity index (χ2n) is 4.94. The Bertz CT molecular complexity index is 335. The van der Waals surface area contributed by atoms with Crippen LogP contribution in [0.15, 0.2) is 18.5 Å². The standard InChI is InChI=1S/C14H22N2/c1-11-8-12(10-16-9-11)13-6-4-3-5-7-14(13)15-2/h8-10,13-15H,3-7H2,1-2H3. The van der Waals surface area contributed by atoms with Crippen LogP contribution >= 0.6 is 0 Å². The fourth-order valence-corrected chi connectivity index (χ4v) is 2.83. The monoisotopic (exact) mass is 218 g/mol. The van der Waals surface area contributed by atoms with Crippen molar-refractivity contribution in [2.45, 2.75) is 51.0 Å². The molecular weight excluding hydrogens is 196 g/mol. The number of nitrogens with zero attached hydrogens (tertiary/aromatic N) is 1. The molecule has 2 nitrogen and oxygen atoms in total. The van der Waals surface area contributed by atoms with Gasteiger partial charge < -0.3 is 5.32 Å². The van der Waals surface area contributed by atoms with Gasteiger partial charge in [0, 0.05) is 24.4 Å². The first-order valence-corrected chi connectivity index (χ1v) is 6.40. The lowest BCUT2D eigenvalue weighted by molar-refractivity contribution is 0.438. The average molecular weight is 218 g/mol. The summed E-state index contributed by atoms with van der Waals surface area (Å²) in [7, 11) is 2.09. The van der Waals surface area contributed by atoms with E-state index in [1.165, 1.54) is 43.2 Å². The molecule has 2 heteroatoms. The molecule has 1 saturated carbocycles. The van der Waals surface area contributed by atoms with E-state index in [9.17, 15) is 0 Å². The quantitative estimate of drug-likeness (QED) is 0.772. The topological polar surface area (TPSA) is 24.9 Å². The molecule has 1 fully saturated rings. The second kappa shape index (κ2) is 5.44. The first-order chi connectivity index (χ1) is 7.81. The van der Waals surface area contributed by atoms with E-state index in [0.717, 1.165) is 0 Å². The van der Waals surface area contributed by atoms with E-state index in [-0.39, 0.29) is 0 Å². The number of rotatable bonds is 2. The molecule has 2 rings (SSSR count). The van der Waals surface area contributed by atoms with Crippen LogP contribution in [0.4, 0.5) is 0 Å². The van der Waals surface area contributed by atoms with Gasteiger partial charge in [0.1, 0.15) is 0 Å². The van der Waals surface area contributed by atoms with Crippen LogP contribution in [0.25, 0.3) is 0 Å². The van der Waals surface area contributed by atoms with Crippen LogP contribution < -0.4 is 5.32 Å². The molecule has 0 aromatic carbocycles. The second-order valence-corrected chi connectivity index (χ2v) is 4.94. The molecule has 1 N–H and O–H groups in total. The Morgan fingerprint density at radius 1 is 1.19 bits per heavy atom. The van der Waals surface area contributed by atoms with E-state index in [1.54, 1.807) is 0 Å². The summed E-state index contributed by atoms with van der Waals surface area (Å²) in [5.41, 5.74) is 2.69. The van der Waals surface area contributed by atoms with Gasteiger partial charge in [0.15, 0.2) is 0 Å². The maximum Gasteiger partial charge on any atom is 0.0303 e. The normalized spacial score (nSPS) is 26.4. The zero-order valence-electron chi connectivity index (χ0n) is 10.4. The Labute approximate surface area is 98.5 Å². The van der Waals surface area contributed by atoms with E-state index in [2.05, 4.69) is 30.3 Å². The summed E-state index contributed by atoms with van der Waals surface area (Å²) in [6.45, 7) is 2.13. The van der Waals surface area contributed by atoms with Crippen LogP contribution in [-0.2, 0) is 0 Å². The molecule has 0 amide bonds. The van der Waals surface area contributed by atoms with Crippen LogP contribution in [0.3, 0.4) is 0 Å². The Morgan fingerprint density at radius 3 is 2.75 bits per heavy atom. The largest absolute Gasteiger partial charge is 0.316 e. The molecule has 0 aliphatic heterocycles. The zero-order chi connectivity index (χ0) is 11.4. The predicted molar refractivity (Wildman–Crippen MR) is 67.6 cm³/mol.